The first kappa shape index (κ1) is 17.4. The molecule has 2 heterocycles. The molecule has 1 aliphatic heterocycles. The second-order valence-electron chi connectivity index (χ2n) is 6.68. The number of aromatic nitrogens is 2. The number of fused-ring (bicyclic) bond motifs is 2. The van der Waals surface area contributed by atoms with Crippen molar-refractivity contribution in [3.8, 4) is 0 Å². The van der Waals surface area contributed by atoms with Crippen LogP contribution in [-0.2, 0) is 13.0 Å². The van der Waals surface area contributed by atoms with Crippen molar-refractivity contribution in [2.45, 2.75) is 25.9 Å². The highest BCUT2D eigenvalue weighted by molar-refractivity contribution is 5.95. The summed E-state index contributed by atoms with van der Waals surface area (Å²) in [6, 6.07) is 15.5. The molecule has 1 amide bonds. The standard InChI is InChI=1S/C21H22N4O2/c1-2-25-18-10-6-5-9-16(18)20(26)19(24-25)21(27)23-13-17-15-8-4-3-7-14(15)11-12-22-17/h3-10,17,22H,2,11-13H2,1H3,(H,23,27). The first-order chi connectivity index (χ1) is 13.2. The van der Waals surface area contributed by atoms with E-state index in [1.54, 1.807) is 16.8 Å². The number of nitrogens with zero attached hydrogens (tertiary/aromatic N) is 2. The van der Waals surface area contributed by atoms with E-state index < -0.39 is 5.91 Å². The molecule has 0 radical (unpaired) electrons. The molecule has 1 aromatic heterocycles. The lowest BCUT2D eigenvalue weighted by Gasteiger charge is -2.27. The number of para-hydroxylation sites is 1. The smallest absolute Gasteiger partial charge is 0.275 e. The maximum absolute atomic E-state index is 12.7. The summed E-state index contributed by atoms with van der Waals surface area (Å²) in [6.07, 6.45) is 0.980. The summed E-state index contributed by atoms with van der Waals surface area (Å²) in [5, 5.41) is 11.1. The molecule has 2 N–H and O–H groups in total. The Morgan fingerprint density at radius 3 is 2.85 bits per heavy atom. The van der Waals surface area contributed by atoms with Gasteiger partial charge in [0.15, 0.2) is 5.69 Å². The summed E-state index contributed by atoms with van der Waals surface area (Å²) in [7, 11) is 0. The van der Waals surface area contributed by atoms with Crippen molar-refractivity contribution < 1.29 is 4.79 Å². The number of amides is 1. The Hall–Kier alpha value is -2.99. The normalized spacial score (nSPS) is 16.1. The lowest BCUT2D eigenvalue weighted by Crippen LogP contribution is -2.40. The van der Waals surface area contributed by atoms with Crippen LogP contribution in [0, 0.1) is 0 Å². The number of hydrogen-bond donors (Lipinski definition) is 2. The van der Waals surface area contributed by atoms with Crippen LogP contribution in [0.2, 0.25) is 0 Å². The Morgan fingerprint density at radius 1 is 1.22 bits per heavy atom. The van der Waals surface area contributed by atoms with Crippen LogP contribution in [0.3, 0.4) is 0 Å². The van der Waals surface area contributed by atoms with Crippen LogP contribution in [0.4, 0.5) is 0 Å². The number of hydrogen-bond acceptors (Lipinski definition) is 4. The van der Waals surface area contributed by atoms with Gasteiger partial charge in [-0.3, -0.25) is 14.3 Å². The van der Waals surface area contributed by atoms with Crippen LogP contribution in [0.1, 0.15) is 34.6 Å². The molecule has 2 aromatic carbocycles. The summed E-state index contributed by atoms with van der Waals surface area (Å²) >= 11 is 0. The molecule has 0 aliphatic carbocycles. The van der Waals surface area contributed by atoms with E-state index in [1.807, 2.05) is 31.2 Å². The Labute approximate surface area is 157 Å². The molecule has 0 bridgehead atoms. The molecule has 1 aliphatic rings. The quantitative estimate of drug-likeness (QED) is 0.745. The number of nitrogens with one attached hydrogen (secondary N) is 2. The lowest BCUT2D eigenvalue weighted by atomic mass is 9.94. The van der Waals surface area contributed by atoms with E-state index in [1.165, 1.54) is 11.1 Å². The molecule has 0 fully saturated rings. The largest absolute Gasteiger partial charge is 0.349 e. The van der Waals surface area contributed by atoms with E-state index in [9.17, 15) is 9.59 Å². The molecular weight excluding hydrogens is 340 g/mol. The predicted octanol–water partition coefficient (Wildman–Crippen LogP) is 2.03. The maximum atomic E-state index is 12.7. The monoisotopic (exact) mass is 362 g/mol. The first-order valence-corrected chi connectivity index (χ1v) is 9.28. The van der Waals surface area contributed by atoms with E-state index in [0.29, 0.717) is 18.5 Å². The van der Waals surface area contributed by atoms with Gasteiger partial charge in [-0.1, -0.05) is 36.4 Å². The van der Waals surface area contributed by atoms with Crippen molar-refractivity contribution in [1.82, 2.24) is 20.4 Å². The zero-order chi connectivity index (χ0) is 18.8. The van der Waals surface area contributed by atoms with Gasteiger partial charge in [0.2, 0.25) is 5.43 Å². The number of rotatable bonds is 4. The zero-order valence-corrected chi connectivity index (χ0v) is 15.2. The molecule has 138 valence electrons. The summed E-state index contributed by atoms with van der Waals surface area (Å²) in [5.74, 6) is -0.433. The third-order valence-corrected chi connectivity index (χ3v) is 5.06. The fourth-order valence-corrected chi connectivity index (χ4v) is 3.68. The van der Waals surface area contributed by atoms with Gasteiger partial charge in [-0.2, -0.15) is 5.10 Å². The molecular formula is C21H22N4O2. The lowest BCUT2D eigenvalue weighted by molar-refractivity contribution is 0.0941. The van der Waals surface area contributed by atoms with Gasteiger partial charge < -0.3 is 10.6 Å². The average molecular weight is 362 g/mol. The predicted molar refractivity (Wildman–Crippen MR) is 105 cm³/mol. The number of aryl methyl sites for hydroxylation is 1. The fourth-order valence-electron chi connectivity index (χ4n) is 3.68. The second kappa shape index (κ2) is 7.32. The molecule has 6 heteroatoms. The van der Waals surface area contributed by atoms with Gasteiger partial charge in [-0.05, 0) is 43.1 Å². The fraction of sp³-hybridized carbons (Fsp3) is 0.286. The molecule has 6 nitrogen and oxygen atoms in total. The molecule has 1 unspecified atom stereocenters. The minimum absolute atomic E-state index is 0.0350. The molecule has 0 spiro atoms. The van der Waals surface area contributed by atoms with E-state index in [2.05, 4.69) is 27.9 Å². The molecule has 27 heavy (non-hydrogen) atoms. The average Bonchev–Trinajstić information content (AvgIpc) is 2.72. The van der Waals surface area contributed by atoms with Gasteiger partial charge in [0.05, 0.1) is 5.52 Å². The van der Waals surface area contributed by atoms with Gasteiger partial charge in [0, 0.05) is 24.5 Å². The molecule has 4 rings (SSSR count). The van der Waals surface area contributed by atoms with Gasteiger partial charge in [-0.25, -0.2) is 0 Å². The van der Waals surface area contributed by atoms with Crippen molar-refractivity contribution in [3.05, 3.63) is 75.6 Å². The van der Waals surface area contributed by atoms with Crippen LogP contribution in [0.5, 0.6) is 0 Å². The Bertz CT molecular complexity index is 1060. The SMILES string of the molecule is CCn1nc(C(=O)NCC2NCCc3ccccc32)c(=O)c2ccccc21. The van der Waals surface area contributed by atoms with Crippen LogP contribution in [-0.4, -0.2) is 28.8 Å². The zero-order valence-electron chi connectivity index (χ0n) is 15.2. The Kier molecular flexibility index (Phi) is 4.73. The van der Waals surface area contributed by atoms with Crippen molar-refractivity contribution in [2.75, 3.05) is 13.1 Å². The highest BCUT2D eigenvalue weighted by atomic mass is 16.2. The summed E-state index contributed by atoms with van der Waals surface area (Å²) in [5.41, 5.74) is 2.85. The molecule has 0 saturated heterocycles. The molecule has 0 saturated carbocycles. The molecule has 3 aromatic rings. The number of carbonyl (C=O) groups excluding carboxylic acids is 1. The van der Waals surface area contributed by atoms with Gasteiger partial charge in [0.25, 0.3) is 5.91 Å². The topological polar surface area (TPSA) is 76.0 Å². The minimum atomic E-state index is -0.433. The summed E-state index contributed by atoms with van der Waals surface area (Å²) in [6.45, 7) is 3.80. The first-order valence-electron chi connectivity index (χ1n) is 9.28. The van der Waals surface area contributed by atoms with Crippen molar-refractivity contribution in [2.24, 2.45) is 0 Å². The number of carbonyl (C=O) groups is 1. The minimum Gasteiger partial charge on any atom is -0.349 e. The summed E-state index contributed by atoms with van der Waals surface area (Å²) < 4.78 is 1.69. The highest BCUT2D eigenvalue weighted by Gasteiger charge is 2.22. The van der Waals surface area contributed by atoms with E-state index in [-0.39, 0.29) is 17.2 Å². The third kappa shape index (κ3) is 3.24. The Balaban J connectivity index is 1.59. The second-order valence-corrected chi connectivity index (χ2v) is 6.68. The van der Waals surface area contributed by atoms with E-state index in [4.69, 9.17) is 0 Å². The van der Waals surface area contributed by atoms with E-state index >= 15 is 0 Å². The van der Waals surface area contributed by atoms with Crippen LogP contribution in [0.25, 0.3) is 10.9 Å². The number of benzene rings is 2. The van der Waals surface area contributed by atoms with Crippen molar-refractivity contribution in [1.29, 1.82) is 0 Å². The third-order valence-electron chi connectivity index (χ3n) is 5.06. The van der Waals surface area contributed by atoms with Crippen molar-refractivity contribution >= 4 is 16.8 Å². The van der Waals surface area contributed by atoms with Gasteiger partial charge in [-0.15, -0.1) is 0 Å². The maximum Gasteiger partial charge on any atom is 0.275 e. The summed E-state index contributed by atoms with van der Waals surface area (Å²) in [4.78, 5) is 25.5. The van der Waals surface area contributed by atoms with E-state index in [0.717, 1.165) is 18.5 Å². The Morgan fingerprint density at radius 2 is 2.00 bits per heavy atom. The highest BCUT2D eigenvalue weighted by Crippen LogP contribution is 2.21. The van der Waals surface area contributed by atoms with Crippen LogP contribution in [0.15, 0.2) is 53.3 Å². The van der Waals surface area contributed by atoms with Crippen molar-refractivity contribution in [3.63, 3.8) is 0 Å². The van der Waals surface area contributed by atoms with Crippen LogP contribution >= 0.6 is 0 Å². The molecule has 1 atom stereocenters. The van der Waals surface area contributed by atoms with Gasteiger partial charge in [0.1, 0.15) is 0 Å². The van der Waals surface area contributed by atoms with Crippen LogP contribution < -0.4 is 16.1 Å². The van der Waals surface area contributed by atoms with Gasteiger partial charge >= 0.3 is 0 Å².